The number of nitriles is 1. The van der Waals surface area contributed by atoms with Gasteiger partial charge in [0.25, 0.3) is 0 Å². The van der Waals surface area contributed by atoms with Crippen molar-refractivity contribution in [3.63, 3.8) is 0 Å². The number of hydrogen-bond acceptors (Lipinski definition) is 3. The molecule has 0 unspecified atom stereocenters. The third-order valence-corrected chi connectivity index (χ3v) is 2.95. The first kappa shape index (κ1) is 12.5. The SMILES string of the molecule is COc1cccc(C#N)c1Nc1cccc(Br)c1. The summed E-state index contributed by atoms with van der Waals surface area (Å²) < 4.78 is 6.24. The second-order valence-corrected chi connectivity index (χ2v) is 4.55. The number of para-hydroxylation sites is 1. The molecule has 0 aliphatic rings. The summed E-state index contributed by atoms with van der Waals surface area (Å²) in [4.78, 5) is 0. The second-order valence-electron chi connectivity index (χ2n) is 3.63. The van der Waals surface area contributed by atoms with E-state index >= 15 is 0 Å². The summed E-state index contributed by atoms with van der Waals surface area (Å²) in [6.45, 7) is 0. The lowest BCUT2D eigenvalue weighted by Crippen LogP contribution is -1.97. The lowest BCUT2D eigenvalue weighted by molar-refractivity contribution is 0.416. The number of halogens is 1. The van der Waals surface area contributed by atoms with Crippen LogP contribution in [0.2, 0.25) is 0 Å². The first-order chi connectivity index (χ1) is 8.74. The Labute approximate surface area is 114 Å². The molecule has 0 saturated carbocycles. The van der Waals surface area contributed by atoms with Crippen LogP contribution in [0.3, 0.4) is 0 Å². The van der Waals surface area contributed by atoms with Crippen LogP contribution in [0.25, 0.3) is 0 Å². The molecule has 18 heavy (non-hydrogen) atoms. The molecule has 4 heteroatoms. The minimum absolute atomic E-state index is 0.550. The van der Waals surface area contributed by atoms with Crippen LogP contribution in [-0.2, 0) is 0 Å². The summed E-state index contributed by atoms with van der Waals surface area (Å²) in [7, 11) is 1.59. The van der Waals surface area contributed by atoms with Gasteiger partial charge in [-0.3, -0.25) is 0 Å². The van der Waals surface area contributed by atoms with Gasteiger partial charge in [-0.1, -0.05) is 28.1 Å². The monoisotopic (exact) mass is 302 g/mol. The highest BCUT2D eigenvalue weighted by Crippen LogP contribution is 2.31. The van der Waals surface area contributed by atoms with Crippen molar-refractivity contribution in [2.45, 2.75) is 0 Å². The van der Waals surface area contributed by atoms with Crippen molar-refractivity contribution in [2.75, 3.05) is 12.4 Å². The van der Waals surface area contributed by atoms with Crippen molar-refractivity contribution in [1.82, 2.24) is 0 Å². The lowest BCUT2D eigenvalue weighted by Gasteiger charge is -2.12. The van der Waals surface area contributed by atoms with Crippen LogP contribution in [0.1, 0.15) is 5.56 Å². The topological polar surface area (TPSA) is 45.0 Å². The standard InChI is InChI=1S/C14H11BrN2O/c1-18-13-7-2-4-10(9-16)14(13)17-12-6-3-5-11(15)8-12/h2-8,17H,1H3. The molecule has 0 heterocycles. The van der Waals surface area contributed by atoms with Crippen molar-refractivity contribution < 1.29 is 4.74 Å². The fraction of sp³-hybridized carbons (Fsp3) is 0.0714. The molecule has 0 aliphatic carbocycles. The molecule has 0 amide bonds. The van der Waals surface area contributed by atoms with Crippen LogP contribution in [-0.4, -0.2) is 7.11 Å². The minimum atomic E-state index is 0.550. The molecule has 0 spiro atoms. The number of anilines is 2. The molecule has 0 bridgehead atoms. The van der Waals surface area contributed by atoms with E-state index in [1.807, 2.05) is 30.3 Å². The second kappa shape index (κ2) is 5.56. The molecule has 0 aromatic heterocycles. The zero-order chi connectivity index (χ0) is 13.0. The Morgan fingerprint density at radius 3 is 2.67 bits per heavy atom. The number of benzene rings is 2. The third-order valence-electron chi connectivity index (χ3n) is 2.46. The Morgan fingerprint density at radius 2 is 2.00 bits per heavy atom. The van der Waals surface area contributed by atoms with Crippen molar-refractivity contribution in [3.05, 3.63) is 52.5 Å². The van der Waals surface area contributed by atoms with Gasteiger partial charge in [-0.05, 0) is 30.3 Å². The molecule has 0 aliphatic heterocycles. The van der Waals surface area contributed by atoms with Gasteiger partial charge in [-0.25, -0.2) is 0 Å². The summed E-state index contributed by atoms with van der Waals surface area (Å²) in [5, 5.41) is 12.3. The molecule has 0 radical (unpaired) electrons. The summed E-state index contributed by atoms with van der Waals surface area (Å²) in [6, 6.07) is 15.3. The van der Waals surface area contributed by atoms with Gasteiger partial charge in [0, 0.05) is 10.2 Å². The molecule has 0 saturated heterocycles. The van der Waals surface area contributed by atoms with Gasteiger partial charge < -0.3 is 10.1 Å². The van der Waals surface area contributed by atoms with Gasteiger partial charge in [0.2, 0.25) is 0 Å². The van der Waals surface area contributed by atoms with E-state index in [0.29, 0.717) is 17.0 Å². The van der Waals surface area contributed by atoms with Gasteiger partial charge in [0.15, 0.2) is 0 Å². The molecule has 0 fully saturated rings. The van der Waals surface area contributed by atoms with Crippen LogP contribution < -0.4 is 10.1 Å². The van der Waals surface area contributed by atoms with Crippen LogP contribution in [0, 0.1) is 11.3 Å². The average molecular weight is 303 g/mol. The summed E-state index contributed by atoms with van der Waals surface area (Å²) >= 11 is 3.41. The number of hydrogen-bond donors (Lipinski definition) is 1. The highest BCUT2D eigenvalue weighted by molar-refractivity contribution is 9.10. The van der Waals surface area contributed by atoms with E-state index in [2.05, 4.69) is 27.3 Å². The van der Waals surface area contributed by atoms with Gasteiger partial charge in [0.1, 0.15) is 11.8 Å². The fourth-order valence-corrected chi connectivity index (χ4v) is 2.03. The molecule has 2 aromatic rings. The zero-order valence-corrected chi connectivity index (χ0v) is 11.4. The van der Waals surface area contributed by atoms with Crippen molar-refractivity contribution >= 4 is 27.3 Å². The zero-order valence-electron chi connectivity index (χ0n) is 9.77. The first-order valence-electron chi connectivity index (χ1n) is 5.34. The Kier molecular flexibility index (Phi) is 3.85. The van der Waals surface area contributed by atoms with Crippen molar-refractivity contribution in [2.24, 2.45) is 0 Å². The van der Waals surface area contributed by atoms with E-state index in [1.165, 1.54) is 0 Å². The van der Waals surface area contributed by atoms with Crippen LogP contribution in [0.4, 0.5) is 11.4 Å². The lowest BCUT2D eigenvalue weighted by atomic mass is 10.1. The highest BCUT2D eigenvalue weighted by atomic mass is 79.9. The minimum Gasteiger partial charge on any atom is -0.495 e. The highest BCUT2D eigenvalue weighted by Gasteiger charge is 2.08. The average Bonchev–Trinajstić information content (AvgIpc) is 2.39. The molecule has 2 rings (SSSR count). The Hall–Kier alpha value is -1.99. The molecule has 90 valence electrons. The van der Waals surface area contributed by atoms with E-state index < -0.39 is 0 Å². The summed E-state index contributed by atoms with van der Waals surface area (Å²) in [5.74, 6) is 0.647. The molecule has 0 atom stereocenters. The van der Waals surface area contributed by atoms with Gasteiger partial charge in [-0.15, -0.1) is 0 Å². The number of ether oxygens (including phenoxy) is 1. The smallest absolute Gasteiger partial charge is 0.143 e. The van der Waals surface area contributed by atoms with Crippen LogP contribution in [0.5, 0.6) is 5.75 Å². The van der Waals surface area contributed by atoms with Gasteiger partial charge >= 0.3 is 0 Å². The predicted molar refractivity (Wildman–Crippen MR) is 75.1 cm³/mol. The number of methoxy groups -OCH3 is 1. The largest absolute Gasteiger partial charge is 0.495 e. The van der Waals surface area contributed by atoms with Gasteiger partial charge in [-0.2, -0.15) is 5.26 Å². The number of nitrogens with zero attached hydrogens (tertiary/aromatic N) is 1. The fourth-order valence-electron chi connectivity index (χ4n) is 1.63. The summed E-state index contributed by atoms with van der Waals surface area (Å²) in [6.07, 6.45) is 0. The Morgan fingerprint density at radius 1 is 1.22 bits per heavy atom. The molecular formula is C14H11BrN2O. The number of nitrogens with one attached hydrogen (secondary N) is 1. The normalized spacial score (nSPS) is 9.61. The maximum absolute atomic E-state index is 9.12. The van der Waals surface area contributed by atoms with E-state index in [9.17, 15) is 0 Å². The predicted octanol–water partition coefficient (Wildman–Crippen LogP) is 4.07. The summed E-state index contributed by atoms with van der Waals surface area (Å²) in [5.41, 5.74) is 2.13. The third kappa shape index (κ3) is 2.63. The first-order valence-corrected chi connectivity index (χ1v) is 6.13. The van der Waals surface area contributed by atoms with E-state index in [1.54, 1.807) is 19.2 Å². The molecule has 3 nitrogen and oxygen atoms in total. The maximum Gasteiger partial charge on any atom is 0.143 e. The molecule has 2 aromatic carbocycles. The van der Waals surface area contributed by atoms with Crippen molar-refractivity contribution in [1.29, 1.82) is 5.26 Å². The Bertz CT molecular complexity index is 605. The van der Waals surface area contributed by atoms with Crippen LogP contribution in [0.15, 0.2) is 46.9 Å². The Balaban J connectivity index is 2.42. The van der Waals surface area contributed by atoms with Crippen LogP contribution >= 0.6 is 15.9 Å². The van der Waals surface area contributed by atoms with Gasteiger partial charge in [0.05, 0.1) is 18.4 Å². The maximum atomic E-state index is 9.12. The van der Waals surface area contributed by atoms with E-state index in [4.69, 9.17) is 10.00 Å². The molecule has 1 N–H and O–H groups in total. The molecular weight excluding hydrogens is 292 g/mol. The number of rotatable bonds is 3. The van der Waals surface area contributed by atoms with E-state index in [-0.39, 0.29) is 0 Å². The van der Waals surface area contributed by atoms with E-state index in [0.717, 1.165) is 10.2 Å². The quantitative estimate of drug-likeness (QED) is 0.929. The van der Waals surface area contributed by atoms with Crippen molar-refractivity contribution in [3.8, 4) is 11.8 Å².